The van der Waals surface area contributed by atoms with Crippen LogP contribution in [0.2, 0.25) is 0 Å². The highest BCUT2D eigenvalue weighted by molar-refractivity contribution is 5.39. The van der Waals surface area contributed by atoms with Crippen molar-refractivity contribution in [2.24, 2.45) is 0 Å². The Morgan fingerprint density at radius 1 is 1.16 bits per heavy atom. The van der Waals surface area contributed by atoms with Gasteiger partial charge in [-0.15, -0.1) is 0 Å². The topological polar surface area (TPSA) is 57.2 Å². The molecule has 1 aliphatic rings. The molecule has 0 radical (unpaired) electrons. The van der Waals surface area contributed by atoms with Gasteiger partial charge in [-0.1, -0.05) is 6.92 Å². The van der Waals surface area contributed by atoms with Crippen molar-refractivity contribution >= 4 is 11.9 Å². The fourth-order valence-corrected chi connectivity index (χ4v) is 2.27. The molecule has 106 valence electrons. The number of piperazine rings is 1. The highest BCUT2D eigenvalue weighted by atomic mass is 15.3. The molecule has 6 heteroatoms. The van der Waals surface area contributed by atoms with Crippen LogP contribution in [-0.2, 0) is 0 Å². The highest BCUT2D eigenvalue weighted by Crippen LogP contribution is 2.14. The summed E-state index contributed by atoms with van der Waals surface area (Å²) in [5.74, 6) is 2.43. The monoisotopic (exact) mass is 264 g/mol. The molecule has 0 amide bonds. The number of rotatable bonds is 5. The van der Waals surface area contributed by atoms with E-state index >= 15 is 0 Å². The molecule has 1 aromatic heterocycles. The molecule has 1 saturated heterocycles. The Hall–Kier alpha value is -1.43. The molecule has 6 nitrogen and oxygen atoms in total. The molecule has 2 rings (SSSR count). The minimum atomic E-state index is 0.799. The van der Waals surface area contributed by atoms with Crippen molar-refractivity contribution in [2.45, 2.75) is 27.2 Å². The van der Waals surface area contributed by atoms with Gasteiger partial charge in [-0.3, -0.25) is 0 Å². The minimum absolute atomic E-state index is 0.799. The second-order valence-corrected chi connectivity index (χ2v) is 4.80. The summed E-state index contributed by atoms with van der Waals surface area (Å²) >= 11 is 0. The molecular weight excluding hydrogens is 240 g/mol. The van der Waals surface area contributed by atoms with E-state index in [1.54, 1.807) is 0 Å². The summed E-state index contributed by atoms with van der Waals surface area (Å²) in [6.07, 6.45) is 1.10. The normalized spacial score (nSPS) is 15.6. The van der Waals surface area contributed by atoms with Crippen molar-refractivity contribution in [2.75, 3.05) is 49.1 Å². The number of aromatic nitrogens is 3. The molecule has 19 heavy (non-hydrogen) atoms. The van der Waals surface area contributed by atoms with Crippen molar-refractivity contribution in [3.63, 3.8) is 0 Å². The quantitative estimate of drug-likeness (QED) is 0.850. The van der Waals surface area contributed by atoms with E-state index in [4.69, 9.17) is 0 Å². The molecule has 1 N–H and O–H groups in total. The van der Waals surface area contributed by atoms with Gasteiger partial charge in [-0.05, 0) is 20.3 Å². The molecule has 0 saturated carbocycles. The Bertz CT molecular complexity index is 379. The first kappa shape index (κ1) is 14.0. The van der Waals surface area contributed by atoms with Crippen LogP contribution in [0.4, 0.5) is 11.9 Å². The minimum Gasteiger partial charge on any atom is -0.341 e. The molecule has 0 aliphatic carbocycles. The molecule has 0 bridgehead atoms. The summed E-state index contributed by atoms with van der Waals surface area (Å²) in [5, 5.41) is 3.34. The maximum atomic E-state index is 4.65. The predicted molar refractivity (Wildman–Crippen MR) is 77.8 cm³/mol. The fraction of sp³-hybridized carbons (Fsp3) is 0.769. The number of nitrogens with zero attached hydrogens (tertiary/aromatic N) is 5. The van der Waals surface area contributed by atoms with E-state index in [2.05, 4.69) is 43.9 Å². The average Bonchev–Trinajstić information content (AvgIpc) is 2.45. The molecule has 1 aromatic rings. The summed E-state index contributed by atoms with van der Waals surface area (Å²) in [6, 6.07) is 0. The van der Waals surface area contributed by atoms with E-state index in [0.29, 0.717) is 0 Å². The van der Waals surface area contributed by atoms with Gasteiger partial charge in [-0.25, -0.2) is 0 Å². The molecule has 0 aromatic carbocycles. The van der Waals surface area contributed by atoms with Gasteiger partial charge in [0.05, 0.1) is 0 Å². The molecule has 1 aliphatic heterocycles. The third-order valence-corrected chi connectivity index (χ3v) is 3.28. The zero-order chi connectivity index (χ0) is 13.7. The molecule has 2 heterocycles. The third kappa shape index (κ3) is 3.53. The first-order valence-electron chi connectivity index (χ1n) is 7.18. The maximum Gasteiger partial charge on any atom is 0.230 e. The summed E-state index contributed by atoms with van der Waals surface area (Å²) in [5.41, 5.74) is 0. The Morgan fingerprint density at radius 3 is 2.53 bits per heavy atom. The van der Waals surface area contributed by atoms with Crippen LogP contribution >= 0.6 is 0 Å². The van der Waals surface area contributed by atoms with Gasteiger partial charge in [0.1, 0.15) is 5.82 Å². The Kier molecular flexibility index (Phi) is 4.90. The summed E-state index contributed by atoms with van der Waals surface area (Å²) < 4.78 is 0. The van der Waals surface area contributed by atoms with Gasteiger partial charge in [0, 0.05) is 39.3 Å². The summed E-state index contributed by atoms with van der Waals surface area (Å²) in [6.45, 7) is 12.1. The molecular formula is C13H24N6. The SMILES string of the molecule is CCCN(CC)c1nc(C)nc(N2CCNCC2)n1. The van der Waals surface area contributed by atoms with Gasteiger partial charge in [-0.2, -0.15) is 15.0 Å². The van der Waals surface area contributed by atoms with Gasteiger partial charge >= 0.3 is 0 Å². The first-order valence-corrected chi connectivity index (χ1v) is 7.18. The van der Waals surface area contributed by atoms with E-state index in [1.807, 2.05) is 6.92 Å². The van der Waals surface area contributed by atoms with Crippen LogP contribution in [0.25, 0.3) is 0 Å². The number of aryl methyl sites for hydroxylation is 1. The number of hydrogen-bond acceptors (Lipinski definition) is 6. The zero-order valence-corrected chi connectivity index (χ0v) is 12.2. The number of anilines is 2. The van der Waals surface area contributed by atoms with Crippen LogP contribution in [-0.4, -0.2) is 54.2 Å². The average molecular weight is 264 g/mol. The number of nitrogens with one attached hydrogen (secondary N) is 1. The molecule has 0 atom stereocenters. The second kappa shape index (κ2) is 6.65. The van der Waals surface area contributed by atoms with Crippen LogP contribution in [0.15, 0.2) is 0 Å². The second-order valence-electron chi connectivity index (χ2n) is 4.80. The van der Waals surface area contributed by atoms with E-state index < -0.39 is 0 Å². The third-order valence-electron chi connectivity index (χ3n) is 3.28. The van der Waals surface area contributed by atoms with Gasteiger partial charge < -0.3 is 15.1 Å². The molecule has 0 spiro atoms. The fourth-order valence-electron chi connectivity index (χ4n) is 2.27. The van der Waals surface area contributed by atoms with Crippen LogP contribution in [0.1, 0.15) is 26.1 Å². The summed E-state index contributed by atoms with van der Waals surface area (Å²) in [4.78, 5) is 18.1. The van der Waals surface area contributed by atoms with Crippen LogP contribution in [0.3, 0.4) is 0 Å². The van der Waals surface area contributed by atoms with E-state index in [9.17, 15) is 0 Å². The zero-order valence-electron chi connectivity index (χ0n) is 12.2. The van der Waals surface area contributed by atoms with Gasteiger partial charge in [0.25, 0.3) is 0 Å². The standard InChI is InChI=1S/C13H24N6/c1-4-8-18(5-2)12-15-11(3)16-13(17-12)19-9-6-14-7-10-19/h14H,4-10H2,1-3H3. The highest BCUT2D eigenvalue weighted by Gasteiger charge is 2.16. The van der Waals surface area contributed by atoms with Crippen molar-refractivity contribution < 1.29 is 0 Å². The van der Waals surface area contributed by atoms with Gasteiger partial charge in [0.2, 0.25) is 11.9 Å². The summed E-state index contributed by atoms with van der Waals surface area (Å²) in [7, 11) is 0. The number of hydrogen-bond donors (Lipinski definition) is 1. The van der Waals surface area contributed by atoms with E-state index in [1.165, 1.54) is 0 Å². The smallest absolute Gasteiger partial charge is 0.230 e. The van der Waals surface area contributed by atoms with Crippen LogP contribution in [0, 0.1) is 6.92 Å². The van der Waals surface area contributed by atoms with Crippen molar-refractivity contribution in [1.29, 1.82) is 0 Å². The molecule has 0 unspecified atom stereocenters. The van der Waals surface area contributed by atoms with Crippen molar-refractivity contribution in [1.82, 2.24) is 20.3 Å². The van der Waals surface area contributed by atoms with Crippen LogP contribution in [0.5, 0.6) is 0 Å². The van der Waals surface area contributed by atoms with Gasteiger partial charge in [0.15, 0.2) is 0 Å². The predicted octanol–water partition coefficient (Wildman–Crippen LogP) is 0.826. The lowest BCUT2D eigenvalue weighted by atomic mass is 10.4. The lowest BCUT2D eigenvalue weighted by molar-refractivity contribution is 0.577. The van der Waals surface area contributed by atoms with E-state index in [0.717, 1.165) is 63.4 Å². The Morgan fingerprint density at radius 2 is 1.89 bits per heavy atom. The first-order chi connectivity index (χ1) is 9.24. The van der Waals surface area contributed by atoms with Crippen LogP contribution < -0.4 is 15.1 Å². The van der Waals surface area contributed by atoms with Crippen molar-refractivity contribution in [3.05, 3.63) is 5.82 Å². The maximum absolute atomic E-state index is 4.65. The Labute approximate surface area is 115 Å². The lowest BCUT2D eigenvalue weighted by Gasteiger charge is -2.28. The largest absolute Gasteiger partial charge is 0.341 e. The van der Waals surface area contributed by atoms with E-state index in [-0.39, 0.29) is 0 Å². The lowest BCUT2D eigenvalue weighted by Crippen LogP contribution is -2.44. The Balaban J connectivity index is 2.22. The van der Waals surface area contributed by atoms with Crippen molar-refractivity contribution in [3.8, 4) is 0 Å². The molecule has 1 fully saturated rings.